The predicted octanol–water partition coefficient (Wildman–Crippen LogP) is 4.33. The van der Waals surface area contributed by atoms with Crippen molar-refractivity contribution in [3.05, 3.63) is 108 Å². The summed E-state index contributed by atoms with van der Waals surface area (Å²) in [4.78, 5) is 49.4. The molecule has 0 aromatic heterocycles. The highest BCUT2D eigenvalue weighted by atomic mass is 19.4. The van der Waals surface area contributed by atoms with Crippen LogP contribution in [0.4, 0.5) is 13.2 Å². The molecular weight excluding hydrogens is 799 g/mol. The average molecular weight is 848 g/mol. The molecule has 0 saturated carbocycles. The van der Waals surface area contributed by atoms with Gasteiger partial charge < -0.3 is 52.7 Å². The third kappa shape index (κ3) is 13.3. The normalized spacial score (nSPS) is 26.7. The van der Waals surface area contributed by atoms with E-state index in [0.29, 0.717) is 0 Å². The zero-order valence-electron chi connectivity index (χ0n) is 33.3. The van der Waals surface area contributed by atoms with E-state index in [2.05, 4.69) is 0 Å². The highest BCUT2D eigenvalue weighted by Crippen LogP contribution is 2.35. The van der Waals surface area contributed by atoms with E-state index in [-0.39, 0.29) is 26.4 Å². The number of alkyl halides is 3. The first-order chi connectivity index (χ1) is 28.7. The van der Waals surface area contributed by atoms with Crippen molar-refractivity contribution in [1.82, 2.24) is 5.32 Å². The molecule has 2 fully saturated rings. The van der Waals surface area contributed by atoms with Gasteiger partial charge in [-0.05, 0) is 16.7 Å². The van der Waals surface area contributed by atoms with Crippen LogP contribution in [0.15, 0.2) is 91.0 Å². The summed E-state index contributed by atoms with van der Waals surface area (Å²) in [6, 6.07) is 25.6. The summed E-state index contributed by atoms with van der Waals surface area (Å²) in [5, 5.41) is 1.79. The molecule has 0 aliphatic carbocycles. The van der Waals surface area contributed by atoms with Crippen LogP contribution in [0.25, 0.3) is 0 Å². The number of esters is 3. The van der Waals surface area contributed by atoms with Gasteiger partial charge in [0.25, 0.3) is 0 Å². The van der Waals surface area contributed by atoms with Crippen LogP contribution in [-0.2, 0) is 86.4 Å². The summed E-state index contributed by atoms with van der Waals surface area (Å²) >= 11 is 0. The van der Waals surface area contributed by atoms with Crippen LogP contribution in [0.2, 0.25) is 0 Å². The molecule has 0 unspecified atom stereocenters. The summed E-state index contributed by atoms with van der Waals surface area (Å²) in [7, 11) is 1.30. The van der Waals surface area contributed by atoms with Crippen LogP contribution in [0, 0.1) is 0 Å². The monoisotopic (exact) mass is 847 g/mol. The van der Waals surface area contributed by atoms with Crippen LogP contribution in [-0.4, -0.2) is 112 Å². The fraction of sp³-hybridized carbons (Fsp3) is 0.476. The van der Waals surface area contributed by atoms with Crippen molar-refractivity contribution in [2.45, 2.75) is 108 Å². The minimum absolute atomic E-state index is 0.0238. The van der Waals surface area contributed by atoms with E-state index in [1.54, 1.807) is 17.4 Å². The Hall–Kier alpha value is -4.95. The lowest BCUT2D eigenvalue weighted by Crippen LogP contribution is -2.70. The van der Waals surface area contributed by atoms with Gasteiger partial charge in [0.05, 0.1) is 26.4 Å². The van der Waals surface area contributed by atoms with Crippen LogP contribution in [0.3, 0.4) is 0 Å². The second-order valence-corrected chi connectivity index (χ2v) is 13.9. The SMILES string of the molecule is CO[C@H]1O[C@H](COCc2ccccc2)[C@@H](OCc2ccccc2)[C@H](OCc2ccccc2)[C@H]1O[C@@H]1O[C@H](COC(C)=O)[C@@H](OC(C)=O)[C@H](OC(C)=O)[C@H]1NC(=O)C(F)(F)F. The smallest absolute Gasteiger partial charge is 0.463 e. The Labute approximate surface area is 344 Å². The van der Waals surface area contributed by atoms with Gasteiger partial charge >= 0.3 is 30.0 Å². The lowest BCUT2D eigenvalue weighted by molar-refractivity contribution is -0.362. The number of hydrogen-bond acceptors (Lipinski definition) is 14. The number of hydrogen-bond donors (Lipinski definition) is 1. The Morgan fingerprint density at radius 2 is 1.08 bits per heavy atom. The molecule has 2 aliphatic heterocycles. The van der Waals surface area contributed by atoms with Crippen molar-refractivity contribution < 1.29 is 79.7 Å². The standard InChI is InChI=1S/C42H48F3NO14/c1-25(47)53-24-32-35(56-26(2)48)36(57-27(3)49)33(46-41(50)42(43,44)45)39(58-32)60-38-37(55-22-30-18-12-7-13-19-30)34(54-21-29-16-10-6-11-17-29)31(59-40(38)51-4)23-52-20-28-14-8-5-9-15-28/h5-19,31-40H,20-24H2,1-4H3,(H,46,50)/t31-,32-,33-,34-,35-,36-,37+,38-,39+,40+/m1/s1. The maximum Gasteiger partial charge on any atom is 0.471 e. The fourth-order valence-electron chi connectivity index (χ4n) is 6.70. The third-order valence-electron chi connectivity index (χ3n) is 9.34. The number of amides is 1. The van der Waals surface area contributed by atoms with Crippen molar-refractivity contribution in [2.24, 2.45) is 0 Å². The molecule has 15 nitrogen and oxygen atoms in total. The summed E-state index contributed by atoms with van der Waals surface area (Å²) < 4.78 is 102. The second kappa shape index (κ2) is 22.1. The number of halogens is 3. The molecule has 1 N–H and O–H groups in total. The van der Waals surface area contributed by atoms with Gasteiger partial charge in [-0.1, -0.05) is 91.0 Å². The quantitative estimate of drug-likeness (QED) is 0.142. The Kier molecular flexibility index (Phi) is 17.0. The number of ether oxygens (including phenoxy) is 10. The van der Waals surface area contributed by atoms with E-state index in [9.17, 15) is 32.3 Å². The molecule has 2 saturated heterocycles. The van der Waals surface area contributed by atoms with Crippen molar-refractivity contribution >= 4 is 23.8 Å². The highest BCUT2D eigenvalue weighted by Gasteiger charge is 2.57. The summed E-state index contributed by atoms with van der Waals surface area (Å²) in [5.74, 6) is -5.23. The zero-order chi connectivity index (χ0) is 43.2. The van der Waals surface area contributed by atoms with Crippen molar-refractivity contribution in [1.29, 1.82) is 0 Å². The van der Waals surface area contributed by atoms with Gasteiger partial charge in [-0.25, -0.2) is 0 Å². The van der Waals surface area contributed by atoms with E-state index in [1.807, 2.05) is 78.9 Å². The third-order valence-corrected chi connectivity index (χ3v) is 9.34. The van der Waals surface area contributed by atoms with Gasteiger partial charge in [0.15, 0.2) is 24.8 Å². The van der Waals surface area contributed by atoms with E-state index in [4.69, 9.17) is 47.4 Å². The van der Waals surface area contributed by atoms with Crippen molar-refractivity contribution in [3.63, 3.8) is 0 Å². The first kappa shape index (κ1) is 46.1. The molecule has 60 heavy (non-hydrogen) atoms. The van der Waals surface area contributed by atoms with Gasteiger partial charge in [-0.3, -0.25) is 19.2 Å². The Morgan fingerprint density at radius 1 is 0.600 bits per heavy atom. The summed E-state index contributed by atoms with van der Waals surface area (Å²) in [5.41, 5.74) is 2.41. The Bertz CT molecular complexity index is 1820. The van der Waals surface area contributed by atoms with Gasteiger partial charge in [-0.15, -0.1) is 0 Å². The highest BCUT2D eigenvalue weighted by molar-refractivity contribution is 5.82. The Balaban J connectivity index is 1.57. The van der Waals surface area contributed by atoms with Crippen molar-refractivity contribution in [2.75, 3.05) is 20.3 Å². The molecule has 3 aromatic carbocycles. The molecule has 18 heteroatoms. The van der Waals surface area contributed by atoms with Gasteiger partial charge in [0.2, 0.25) is 0 Å². The molecule has 5 rings (SSSR count). The van der Waals surface area contributed by atoms with Crippen LogP contribution >= 0.6 is 0 Å². The predicted molar refractivity (Wildman–Crippen MR) is 201 cm³/mol. The molecular formula is C42H48F3NO14. The van der Waals surface area contributed by atoms with Crippen molar-refractivity contribution in [3.8, 4) is 0 Å². The average Bonchev–Trinajstić information content (AvgIpc) is 3.21. The van der Waals surface area contributed by atoms with E-state index >= 15 is 0 Å². The molecule has 2 aliphatic rings. The van der Waals surface area contributed by atoms with E-state index in [0.717, 1.165) is 37.5 Å². The summed E-state index contributed by atoms with van der Waals surface area (Å²) in [6.07, 6.45) is -18.4. The molecule has 2 heterocycles. The van der Waals surface area contributed by atoms with Gasteiger partial charge in [-0.2, -0.15) is 13.2 Å². The van der Waals surface area contributed by atoms with Crippen LogP contribution < -0.4 is 5.32 Å². The molecule has 0 spiro atoms. The maximum atomic E-state index is 13.9. The first-order valence-electron chi connectivity index (χ1n) is 19.0. The number of carbonyl (C=O) groups excluding carboxylic acids is 4. The minimum Gasteiger partial charge on any atom is -0.463 e. The number of methoxy groups -OCH3 is 1. The van der Waals surface area contributed by atoms with Crippen LogP contribution in [0.5, 0.6) is 0 Å². The molecule has 1 amide bonds. The largest absolute Gasteiger partial charge is 0.471 e. The Morgan fingerprint density at radius 3 is 1.58 bits per heavy atom. The number of nitrogens with one attached hydrogen (secondary N) is 1. The number of carbonyl (C=O) groups is 4. The van der Waals surface area contributed by atoms with Gasteiger partial charge in [0.1, 0.15) is 43.2 Å². The summed E-state index contributed by atoms with van der Waals surface area (Å²) in [6.45, 7) is 2.58. The lowest BCUT2D eigenvalue weighted by atomic mass is 9.94. The minimum atomic E-state index is -5.44. The second-order valence-electron chi connectivity index (χ2n) is 13.9. The fourth-order valence-corrected chi connectivity index (χ4v) is 6.70. The van der Waals surface area contributed by atoms with E-state index in [1.165, 1.54) is 7.11 Å². The first-order valence-corrected chi connectivity index (χ1v) is 19.0. The van der Waals surface area contributed by atoms with Crippen LogP contribution in [0.1, 0.15) is 37.5 Å². The molecule has 0 bridgehead atoms. The molecule has 0 radical (unpaired) electrons. The number of benzene rings is 3. The van der Waals surface area contributed by atoms with Gasteiger partial charge in [0, 0.05) is 27.9 Å². The maximum absolute atomic E-state index is 13.9. The molecule has 3 aromatic rings. The molecule has 10 atom stereocenters. The topological polar surface area (TPSA) is 173 Å². The lowest BCUT2D eigenvalue weighted by Gasteiger charge is -2.49. The zero-order valence-corrected chi connectivity index (χ0v) is 33.3. The number of rotatable bonds is 18. The molecule has 326 valence electrons. The van der Waals surface area contributed by atoms with E-state index < -0.39 is 97.9 Å².